The molecule has 0 saturated carbocycles. The molecule has 6 heteroatoms. The number of hydrogen-bond donors (Lipinski definition) is 2. The molecule has 3 heterocycles. The van der Waals surface area contributed by atoms with Gasteiger partial charge in [0.15, 0.2) is 0 Å². The van der Waals surface area contributed by atoms with E-state index in [2.05, 4.69) is 20.4 Å². The van der Waals surface area contributed by atoms with Crippen LogP contribution in [-0.4, -0.2) is 32.9 Å². The average molecular weight is 232 g/mol. The number of pyridine rings is 1. The zero-order valence-electron chi connectivity index (χ0n) is 9.08. The van der Waals surface area contributed by atoms with Crippen molar-refractivity contribution >= 4 is 0 Å². The van der Waals surface area contributed by atoms with Gasteiger partial charge >= 0.3 is 0 Å². The van der Waals surface area contributed by atoms with Crippen molar-refractivity contribution in [2.45, 2.75) is 18.6 Å². The van der Waals surface area contributed by atoms with E-state index in [1.807, 2.05) is 12.1 Å². The summed E-state index contributed by atoms with van der Waals surface area (Å²) in [6.07, 6.45) is 3.64. The molecule has 1 aliphatic rings. The molecule has 2 N–H and O–H groups in total. The van der Waals surface area contributed by atoms with Gasteiger partial charge in [0.1, 0.15) is 0 Å². The maximum atomic E-state index is 9.42. The third-order valence-corrected chi connectivity index (χ3v) is 2.79. The predicted molar refractivity (Wildman–Crippen MR) is 58.9 cm³/mol. The largest absolute Gasteiger partial charge is 0.392 e. The SMILES string of the molecule is O[C@H]1CN[C@@H](c2nc(-c3ccncc3)no2)C1. The Hall–Kier alpha value is -1.79. The minimum absolute atomic E-state index is 0.0481. The fourth-order valence-corrected chi connectivity index (χ4v) is 1.90. The van der Waals surface area contributed by atoms with Crippen LogP contribution in [-0.2, 0) is 0 Å². The van der Waals surface area contributed by atoms with Crippen LogP contribution in [0, 0.1) is 0 Å². The molecule has 0 aliphatic carbocycles. The summed E-state index contributed by atoms with van der Waals surface area (Å²) in [7, 11) is 0. The van der Waals surface area contributed by atoms with Crippen LogP contribution in [0.5, 0.6) is 0 Å². The fourth-order valence-electron chi connectivity index (χ4n) is 1.90. The van der Waals surface area contributed by atoms with Gasteiger partial charge in [-0.3, -0.25) is 4.98 Å². The molecule has 2 aromatic heterocycles. The Morgan fingerprint density at radius 3 is 2.88 bits per heavy atom. The first-order valence-electron chi connectivity index (χ1n) is 5.48. The Labute approximate surface area is 97.7 Å². The van der Waals surface area contributed by atoms with Crippen LogP contribution >= 0.6 is 0 Å². The van der Waals surface area contributed by atoms with Crippen LogP contribution in [0.25, 0.3) is 11.4 Å². The monoisotopic (exact) mass is 232 g/mol. The van der Waals surface area contributed by atoms with Gasteiger partial charge in [0.05, 0.1) is 12.1 Å². The lowest BCUT2D eigenvalue weighted by molar-refractivity contribution is 0.191. The highest BCUT2D eigenvalue weighted by molar-refractivity contribution is 5.52. The molecule has 2 atom stereocenters. The lowest BCUT2D eigenvalue weighted by Gasteiger charge is -2.01. The summed E-state index contributed by atoms with van der Waals surface area (Å²) in [5.74, 6) is 1.07. The van der Waals surface area contributed by atoms with E-state index in [0.717, 1.165) is 5.56 Å². The number of hydrogen-bond acceptors (Lipinski definition) is 6. The second-order valence-corrected chi connectivity index (χ2v) is 4.04. The number of nitrogens with one attached hydrogen (secondary N) is 1. The lowest BCUT2D eigenvalue weighted by atomic mass is 10.2. The van der Waals surface area contributed by atoms with Gasteiger partial charge in [-0.15, -0.1) is 0 Å². The van der Waals surface area contributed by atoms with Crippen molar-refractivity contribution in [1.29, 1.82) is 0 Å². The van der Waals surface area contributed by atoms with Crippen LogP contribution in [0.1, 0.15) is 18.4 Å². The zero-order valence-corrected chi connectivity index (χ0v) is 9.08. The standard InChI is InChI=1S/C11H12N4O2/c16-8-5-9(13-6-8)11-14-10(15-17-11)7-1-3-12-4-2-7/h1-4,8-9,13,16H,5-6H2/t8-,9-/m1/s1. The van der Waals surface area contributed by atoms with Crippen molar-refractivity contribution in [3.8, 4) is 11.4 Å². The number of nitrogens with zero attached hydrogens (tertiary/aromatic N) is 3. The van der Waals surface area contributed by atoms with Crippen molar-refractivity contribution in [3.05, 3.63) is 30.4 Å². The second kappa shape index (κ2) is 4.23. The van der Waals surface area contributed by atoms with Crippen molar-refractivity contribution in [2.75, 3.05) is 6.54 Å². The number of rotatable bonds is 2. The highest BCUT2D eigenvalue weighted by Crippen LogP contribution is 2.24. The van der Waals surface area contributed by atoms with E-state index in [0.29, 0.717) is 24.7 Å². The van der Waals surface area contributed by atoms with Gasteiger partial charge in [-0.25, -0.2) is 0 Å². The Morgan fingerprint density at radius 1 is 1.35 bits per heavy atom. The van der Waals surface area contributed by atoms with Gasteiger partial charge < -0.3 is 14.9 Å². The summed E-state index contributed by atoms with van der Waals surface area (Å²) in [4.78, 5) is 8.25. The first-order chi connectivity index (χ1) is 8.33. The summed E-state index contributed by atoms with van der Waals surface area (Å²) >= 11 is 0. The topological polar surface area (TPSA) is 84.1 Å². The average Bonchev–Trinajstić information content (AvgIpc) is 2.98. The molecule has 0 aromatic carbocycles. The molecule has 0 bridgehead atoms. The van der Waals surface area contributed by atoms with Crippen molar-refractivity contribution in [3.63, 3.8) is 0 Å². The van der Waals surface area contributed by atoms with Crippen molar-refractivity contribution in [2.24, 2.45) is 0 Å². The highest BCUT2D eigenvalue weighted by Gasteiger charge is 2.28. The van der Waals surface area contributed by atoms with Crippen LogP contribution in [0.15, 0.2) is 29.0 Å². The Balaban J connectivity index is 1.84. The van der Waals surface area contributed by atoms with E-state index in [-0.39, 0.29) is 12.1 Å². The number of aliphatic hydroxyl groups is 1. The normalized spacial score (nSPS) is 24.1. The molecule has 0 spiro atoms. The molecule has 3 rings (SSSR count). The summed E-state index contributed by atoms with van der Waals surface area (Å²) < 4.78 is 5.20. The van der Waals surface area contributed by atoms with E-state index < -0.39 is 0 Å². The number of aromatic nitrogens is 3. The first kappa shape index (κ1) is 10.4. The van der Waals surface area contributed by atoms with Crippen LogP contribution in [0.2, 0.25) is 0 Å². The van der Waals surface area contributed by atoms with Gasteiger partial charge in [0.2, 0.25) is 11.7 Å². The molecule has 2 aromatic rings. The molecule has 1 aliphatic heterocycles. The molecule has 1 fully saturated rings. The molecule has 6 nitrogen and oxygen atoms in total. The Morgan fingerprint density at radius 2 is 2.18 bits per heavy atom. The molecule has 0 unspecified atom stereocenters. The number of β-amino-alcohol motifs (C(OH)–C–C–N with tert-alkyl or cyclic N) is 1. The first-order valence-corrected chi connectivity index (χ1v) is 5.48. The maximum absolute atomic E-state index is 9.42. The van der Waals surface area contributed by atoms with E-state index in [1.165, 1.54) is 0 Å². The van der Waals surface area contributed by atoms with Gasteiger partial charge in [-0.05, 0) is 18.6 Å². The molecular formula is C11H12N4O2. The molecular weight excluding hydrogens is 220 g/mol. The van der Waals surface area contributed by atoms with Crippen molar-refractivity contribution in [1.82, 2.24) is 20.4 Å². The van der Waals surface area contributed by atoms with E-state index >= 15 is 0 Å². The molecule has 1 saturated heterocycles. The Bertz CT molecular complexity index is 499. The third kappa shape index (κ3) is 2.04. The third-order valence-electron chi connectivity index (χ3n) is 2.79. The van der Waals surface area contributed by atoms with Gasteiger partial charge in [0.25, 0.3) is 0 Å². The fraction of sp³-hybridized carbons (Fsp3) is 0.364. The lowest BCUT2D eigenvalue weighted by Crippen LogP contribution is -2.15. The summed E-state index contributed by atoms with van der Waals surface area (Å²) in [5, 5.41) is 16.5. The van der Waals surface area contributed by atoms with Crippen molar-refractivity contribution < 1.29 is 9.63 Å². The second-order valence-electron chi connectivity index (χ2n) is 4.04. The number of aliphatic hydroxyl groups excluding tert-OH is 1. The Kier molecular flexibility index (Phi) is 2.58. The summed E-state index contributed by atoms with van der Waals surface area (Å²) in [6.45, 7) is 0.567. The molecule has 0 radical (unpaired) electrons. The van der Waals surface area contributed by atoms with Gasteiger partial charge in [-0.2, -0.15) is 4.98 Å². The minimum atomic E-state index is -0.337. The highest BCUT2D eigenvalue weighted by atomic mass is 16.5. The molecule has 17 heavy (non-hydrogen) atoms. The van der Waals surface area contributed by atoms with Crippen LogP contribution in [0.3, 0.4) is 0 Å². The smallest absolute Gasteiger partial charge is 0.244 e. The van der Waals surface area contributed by atoms with E-state index in [4.69, 9.17) is 4.52 Å². The summed E-state index contributed by atoms with van der Waals surface area (Å²) in [5.41, 5.74) is 0.869. The maximum Gasteiger partial charge on any atom is 0.244 e. The summed E-state index contributed by atoms with van der Waals surface area (Å²) in [6, 6.07) is 3.60. The molecule has 0 amide bonds. The zero-order chi connectivity index (χ0) is 11.7. The van der Waals surface area contributed by atoms with E-state index in [1.54, 1.807) is 12.4 Å². The predicted octanol–water partition coefficient (Wildman–Crippen LogP) is 0.527. The van der Waals surface area contributed by atoms with Crippen LogP contribution < -0.4 is 5.32 Å². The quantitative estimate of drug-likeness (QED) is 0.785. The minimum Gasteiger partial charge on any atom is -0.392 e. The molecule has 88 valence electrons. The van der Waals surface area contributed by atoms with Gasteiger partial charge in [-0.1, -0.05) is 5.16 Å². The van der Waals surface area contributed by atoms with Gasteiger partial charge in [0, 0.05) is 24.5 Å². The van der Waals surface area contributed by atoms with E-state index in [9.17, 15) is 5.11 Å². The van der Waals surface area contributed by atoms with Crippen LogP contribution in [0.4, 0.5) is 0 Å².